The van der Waals surface area contributed by atoms with Gasteiger partial charge in [0.1, 0.15) is 0 Å². The predicted octanol–water partition coefficient (Wildman–Crippen LogP) is 2.82. The number of hydrogen-bond donors (Lipinski definition) is 1. The molecule has 0 saturated carbocycles. The van der Waals surface area contributed by atoms with E-state index in [2.05, 4.69) is 0 Å². The molecule has 0 fully saturated rings. The van der Waals surface area contributed by atoms with E-state index < -0.39 is 4.92 Å². The fourth-order valence-corrected chi connectivity index (χ4v) is 1.49. The van der Waals surface area contributed by atoms with E-state index in [4.69, 9.17) is 5.11 Å². The van der Waals surface area contributed by atoms with Crippen LogP contribution >= 0.6 is 0 Å². The molecule has 20 heavy (non-hydrogen) atoms. The number of non-ortho nitro benzene ring substituents is 1. The maximum absolute atomic E-state index is 12.0. The zero-order chi connectivity index (χ0) is 15.0. The average Bonchev–Trinajstić information content (AvgIpc) is 2.48. The molecule has 0 spiro atoms. The molecule has 5 heteroatoms. The quantitative estimate of drug-likeness (QED) is 0.529. The molecular weight excluding hydrogens is 258 g/mol. The minimum Gasteiger partial charge on any atom is -0.397 e. The number of carbonyl (C=O) groups is 1. The fraction of sp³-hybridized carbons (Fsp3) is 0.133. The monoisotopic (exact) mass is 273 g/mol. The molecule has 2 rings (SSSR count). The molecule has 2 aromatic rings. The molecule has 104 valence electrons. The van der Waals surface area contributed by atoms with Gasteiger partial charge in [0.2, 0.25) is 0 Å². The molecule has 0 bridgehead atoms. The highest BCUT2D eigenvalue weighted by Gasteiger charge is 2.10. The number of hydrogen-bond acceptors (Lipinski definition) is 4. The third-order valence-electron chi connectivity index (χ3n) is 2.38. The van der Waals surface area contributed by atoms with Gasteiger partial charge in [-0.05, 0) is 19.1 Å². The van der Waals surface area contributed by atoms with Gasteiger partial charge < -0.3 is 5.11 Å². The van der Waals surface area contributed by atoms with Gasteiger partial charge in [-0.25, -0.2) is 0 Å². The van der Waals surface area contributed by atoms with Crippen LogP contribution in [0.5, 0.6) is 0 Å². The van der Waals surface area contributed by atoms with Crippen molar-refractivity contribution in [3.8, 4) is 0 Å². The maximum atomic E-state index is 12.0. The summed E-state index contributed by atoms with van der Waals surface area (Å²) in [4.78, 5) is 21.9. The van der Waals surface area contributed by atoms with Gasteiger partial charge in [0, 0.05) is 29.9 Å². The summed E-state index contributed by atoms with van der Waals surface area (Å²) in [6.45, 7) is 1.93. The van der Waals surface area contributed by atoms with E-state index in [9.17, 15) is 14.9 Å². The van der Waals surface area contributed by atoms with Crippen LogP contribution in [-0.2, 0) is 0 Å². The summed E-state index contributed by atoms with van der Waals surface area (Å²) >= 11 is 0. The molecule has 0 aromatic heterocycles. The third kappa shape index (κ3) is 4.29. The smallest absolute Gasteiger partial charge is 0.269 e. The van der Waals surface area contributed by atoms with Crippen molar-refractivity contribution in [2.24, 2.45) is 0 Å². The number of aliphatic hydroxyl groups excluding tert-OH is 1. The van der Waals surface area contributed by atoms with Gasteiger partial charge in [-0.2, -0.15) is 0 Å². The Labute approximate surface area is 116 Å². The Balaban J connectivity index is 0.000000612. The molecule has 1 N–H and O–H groups in total. The second kappa shape index (κ2) is 7.81. The lowest BCUT2D eigenvalue weighted by molar-refractivity contribution is -0.384. The fourth-order valence-electron chi connectivity index (χ4n) is 1.49. The second-order valence-corrected chi connectivity index (χ2v) is 3.82. The number of rotatable bonds is 3. The van der Waals surface area contributed by atoms with Gasteiger partial charge >= 0.3 is 0 Å². The van der Waals surface area contributed by atoms with Gasteiger partial charge in [0.05, 0.1) is 4.92 Å². The summed E-state index contributed by atoms with van der Waals surface area (Å²) in [5, 5.41) is 18.0. The van der Waals surface area contributed by atoms with E-state index in [0.29, 0.717) is 11.1 Å². The number of nitrogens with zero attached hydrogens (tertiary/aromatic N) is 1. The molecule has 0 unspecified atom stereocenters. The summed E-state index contributed by atoms with van der Waals surface area (Å²) in [5.74, 6) is -0.138. The van der Waals surface area contributed by atoms with E-state index in [0.717, 1.165) is 0 Å². The van der Waals surface area contributed by atoms with E-state index in [1.54, 1.807) is 31.2 Å². The van der Waals surface area contributed by atoms with Gasteiger partial charge in [-0.1, -0.05) is 30.3 Å². The second-order valence-electron chi connectivity index (χ2n) is 3.82. The predicted molar refractivity (Wildman–Crippen MR) is 75.7 cm³/mol. The van der Waals surface area contributed by atoms with Gasteiger partial charge in [0.15, 0.2) is 5.78 Å². The first-order valence-electron chi connectivity index (χ1n) is 6.05. The first-order chi connectivity index (χ1) is 9.60. The lowest BCUT2D eigenvalue weighted by Crippen LogP contribution is -2.00. The van der Waals surface area contributed by atoms with Gasteiger partial charge in [0.25, 0.3) is 5.69 Å². The van der Waals surface area contributed by atoms with Crippen molar-refractivity contribution >= 4 is 11.5 Å². The van der Waals surface area contributed by atoms with E-state index in [1.807, 2.05) is 6.07 Å². The van der Waals surface area contributed by atoms with Crippen LogP contribution in [0.3, 0.4) is 0 Å². The molecule has 0 amide bonds. The number of aliphatic hydroxyl groups is 1. The minimum atomic E-state index is -0.489. The summed E-state index contributed by atoms with van der Waals surface area (Å²) in [6, 6.07) is 14.4. The Kier molecular flexibility index (Phi) is 6.06. The van der Waals surface area contributed by atoms with E-state index in [1.165, 1.54) is 24.3 Å². The molecule has 0 atom stereocenters. The van der Waals surface area contributed by atoms with Crippen molar-refractivity contribution in [2.75, 3.05) is 6.61 Å². The van der Waals surface area contributed by atoms with Crippen LogP contribution in [0.2, 0.25) is 0 Å². The summed E-state index contributed by atoms with van der Waals surface area (Å²) < 4.78 is 0. The highest BCUT2D eigenvalue weighted by atomic mass is 16.6. The largest absolute Gasteiger partial charge is 0.397 e. The summed E-state index contributed by atoms with van der Waals surface area (Å²) in [5.41, 5.74) is 0.998. The van der Waals surface area contributed by atoms with Crippen molar-refractivity contribution in [1.82, 2.24) is 0 Å². The van der Waals surface area contributed by atoms with E-state index >= 15 is 0 Å². The van der Waals surface area contributed by atoms with Crippen molar-refractivity contribution in [2.45, 2.75) is 6.92 Å². The standard InChI is InChI=1S/C13H9NO3.C2H6O/c15-13(10-4-2-1-3-5-10)11-6-8-12(9-7-11)14(16)17;1-2-3/h1-9H;3H,2H2,1H3. The zero-order valence-electron chi connectivity index (χ0n) is 11.0. The number of benzene rings is 2. The van der Waals surface area contributed by atoms with Crippen LogP contribution in [0.25, 0.3) is 0 Å². The van der Waals surface area contributed by atoms with Crippen molar-refractivity contribution < 1.29 is 14.8 Å². The van der Waals surface area contributed by atoms with Crippen molar-refractivity contribution in [3.63, 3.8) is 0 Å². The Morgan fingerprint density at radius 3 is 1.95 bits per heavy atom. The van der Waals surface area contributed by atoms with Crippen LogP contribution in [-0.4, -0.2) is 22.4 Å². The average molecular weight is 273 g/mol. The summed E-state index contributed by atoms with van der Waals surface area (Å²) in [7, 11) is 0. The molecule has 0 aliphatic carbocycles. The molecule has 0 aliphatic rings. The lowest BCUT2D eigenvalue weighted by Gasteiger charge is -2.00. The Bertz CT molecular complexity index is 564. The van der Waals surface area contributed by atoms with Crippen LogP contribution in [0.4, 0.5) is 5.69 Å². The topological polar surface area (TPSA) is 80.4 Å². The van der Waals surface area contributed by atoms with Gasteiger partial charge in [-0.15, -0.1) is 0 Å². The van der Waals surface area contributed by atoms with Crippen molar-refractivity contribution in [1.29, 1.82) is 0 Å². The van der Waals surface area contributed by atoms with Crippen LogP contribution in [0, 0.1) is 10.1 Å². The van der Waals surface area contributed by atoms with E-state index in [-0.39, 0.29) is 18.1 Å². The molecule has 5 nitrogen and oxygen atoms in total. The number of carbonyl (C=O) groups excluding carboxylic acids is 1. The Morgan fingerprint density at radius 1 is 1.05 bits per heavy atom. The van der Waals surface area contributed by atoms with Gasteiger partial charge in [-0.3, -0.25) is 14.9 Å². The minimum absolute atomic E-state index is 0.0189. The molecule has 0 saturated heterocycles. The molecule has 0 heterocycles. The van der Waals surface area contributed by atoms with Crippen molar-refractivity contribution in [3.05, 3.63) is 75.8 Å². The number of ketones is 1. The normalized spacial score (nSPS) is 9.30. The first-order valence-corrected chi connectivity index (χ1v) is 6.05. The zero-order valence-corrected chi connectivity index (χ0v) is 11.0. The highest BCUT2D eigenvalue weighted by molar-refractivity contribution is 6.09. The Hall–Kier alpha value is -2.53. The lowest BCUT2D eigenvalue weighted by atomic mass is 10.0. The van der Waals surface area contributed by atoms with Crippen LogP contribution in [0.15, 0.2) is 54.6 Å². The molecule has 0 aliphatic heterocycles. The maximum Gasteiger partial charge on any atom is 0.269 e. The molecule has 0 radical (unpaired) electrons. The molecule has 2 aromatic carbocycles. The van der Waals surface area contributed by atoms with Crippen LogP contribution < -0.4 is 0 Å². The number of nitro groups is 1. The summed E-state index contributed by atoms with van der Waals surface area (Å²) in [6.07, 6.45) is 0. The third-order valence-corrected chi connectivity index (χ3v) is 2.38. The first kappa shape index (κ1) is 15.5. The number of nitro benzene ring substituents is 1. The highest BCUT2D eigenvalue weighted by Crippen LogP contribution is 2.15. The molecular formula is C15H15NO4. The van der Waals surface area contributed by atoms with Crippen LogP contribution in [0.1, 0.15) is 22.8 Å². The SMILES string of the molecule is CCO.O=C(c1ccccc1)c1ccc([N+](=O)[O-])cc1. The Morgan fingerprint density at radius 2 is 1.50 bits per heavy atom.